The van der Waals surface area contributed by atoms with Gasteiger partial charge in [-0.05, 0) is 45.7 Å². The quantitative estimate of drug-likeness (QED) is 0.816. The summed E-state index contributed by atoms with van der Waals surface area (Å²) in [7, 11) is 0. The van der Waals surface area contributed by atoms with E-state index >= 15 is 0 Å². The number of alkyl halides is 2. The van der Waals surface area contributed by atoms with Gasteiger partial charge in [-0.15, -0.1) is 11.3 Å². The number of likely N-dealkylation sites (tertiary alicyclic amines) is 1. The Morgan fingerprint density at radius 3 is 2.62 bits per heavy atom. The number of amides is 1. The summed E-state index contributed by atoms with van der Waals surface area (Å²) in [5.74, 6) is 0.106. The van der Waals surface area contributed by atoms with Crippen LogP contribution in [0.15, 0.2) is 16.7 Å². The highest BCUT2D eigenvalue weighted by molar-refractivity contribution is 7.17. The van der Waals surface area contributed by atoms with E-state index in [4.69, 9.17) is 4.52 Å². The van der Waals surface area contributed by atoms with Crippen molar-refractivity contribution >= 4 is 17.2 Å². The number of halogens is 2. The van der Waals surface area contributed by atoms with E-state index in [2.05, 4.69) is 5.16 Å². The first kappa shape index (κ1) is 17.1. The fourth-order valence-electron chi connectivity index (χ4n) is 2.91. The normalized spacial score (nSPS) is 16.6. The monoisotopic (exact) mass is 354 g/mol. The number of piperidine rings is 1. The van der Waals surface area contributed by atoms with Gasteiger partial charge < -0.3 is 9.42 Å². The van der Waals surface area contributed by atoms with Crippen molar-refractivity contribution < 1.29 is 18.1 Å². The third-order valence-electron chi connectivity index (χ3n) is 4.23. The fraction of sp³-hybridized carbons (Fsp3) is 0.529. The molecule has 7 heteroatoms. The number of aromatic nitrogens is 1. The molecule has 0 unspecified atom stereocenters. The van der Waals surface area contributed by atoms with Gasteiger partial charge in [-0.1, -0.05) is 5.16 Å². The zero-order valence-electron chi connectivity index (χ0n) is 13.9. The number of carbonyl (C=O) groups is 1. The van der Waals surface area contributed by atoms with Crippen molar-refractivity contribution in [3.05, 3.63) is 28.3 Å². The maximum absolute atomic E-state index is 14.1. The molecule has 4 nitrogen and oxygen atoms in total. The topological polar surface area (TPSA) is 46.3 Å². The minimum atomic E-state index is -1.61. The molecule has 1 saturated heterocycles. The van der Waals surface area contributed by atoms with Crippen LogP contribution >= 0.6 is 11.3 Å². The summed E-state index contributed by atoms with van der Waals surface area (Å²) in [5.41, 5.74) is -0.411. The SMILES string of the molecule is Cc1c(-c2ccc(C(=O)N3CCC(F)CC3)s2)noc1C(C)(C)F. The summed E-state index contributed by atoms with van der Waals surface area (Å²) in [6, 6.07) is 3.53. The molecule has 1 aliphatic rings. The highest BCUT2D eigenvalue weighted by Crippen LogP contribution is 2.36. The van der Waals surface area contributed by atoms with Gasteiger partial charge in [0.15, 0.2) is 11.4 Å². The summed E-state index contributed by atoms with van der Waals surface area (Å²) in [4.78, 5) is 15.5. The molecule has 0 atom stereocenters. The molecule has 2 aromatic rings. The zero-order valence-corrected chi connectivity index (χ0v) is 14.8. The number of hydrogen-bond acceptors (Lipinski definition) is 4. The number of thiophene rings is 1. The second kappa shape index (κ2) is 6.27. The van der Waals surface area contributed by atoms with Gasteiger partial charge in [-0.2, -0.15) is 0 Å². The van der Waals surface area contributed by atoms with E-state index in [1.807, 2.05) is 0 Å². The van der Waals surface area contributed by atoms with Gasteiger partial charge in [0.25, 0.3) is 5.91 Å². The molecular weight excluding hydrogens is 334 g/mol. The van der Waals surface area contributed by atoms with E-state index in [0.717, 1.165) is 4.88 Å². The van der Waals surface area contributed by atoms with E-state index in [1.54, 1.807) is 24.0 Å². The lowest BCUT2D eigenvalue weighted by Gasteiger charge is -2.28. The van der Waals surface area contributed by atoms with Crippen LogP contribution in [0.5, 0.6) is 0 Å². The lowest BCUT2D eigenvalue weighted by Crippen LogP contribution is -2.38. The Morgan fingerprint density at radius 1 is 1.38 bits per heavy atom. The summed E-state index contributed by atoms with van der Waals surface area (Å²) >= 11 is 1.30. The van der Waals surface area contributed by atoms with Crippen LogP contribution in [0.3, 0.4) is 0 Å². The molecule has 0 bridgehead atoms. The second-order valence-electron chi connectivity index (χ2n) is 6.59. The molecule has 0 aromatic carbocycles. The molecule has 0 N–H and O–H groups in total. The molecule has 1 aliphatic heterocycles. The molecule has 3 heterocycles. The van der Waals surface area contributed by atoms with Gasteiger partial charge in [0.2, 0.25) is 0 Å². The van der Waals surface area contributed by atoms with Crippen molar-refractivity contribution in [1.82, 2.24) is 10.1 Å². The molecule has 1 amide bonds. The maximum Gasteiger partial charge on any atom is 0.263 e. The van der Waals surface area contributed by atoms with Crippen molar-refractivity contribution in [3.63, 3.8) is 0 Å². The Morgan fingerprint density at radius 2 is 2.04 bits per heavy atom. The predicted molar refractivity (Wildman–Crippen MR) is 88.7 cm³/mol. The maximum atomic E-state index is 14.1. The van der Waals surface area contributed by atoms with Crippen LogP contribution in [0.25, 0.3) is 10.6 Å². The van der Waals surface area contributed by atoms with Crippen LogP contribution < -0.4 is 0 Å². The van der Waals surface area contributed by atoms with Crippen molar-refractivity contribution in [2.75, 3.05) is 13.1 Å². The predicted octanol–water partition coefficient (Wildman–Crippen LogP) is 4.49. The van der Waals surface area contributed by atoms with Gasteiger partial charge >= 0.3 is 0 Å². The average Bonchev–Trinajstić information content (AvgIpc) is 3.13. The standard InChI is InChI=1S/C17H20F2N2O2S/c1-10-14(20-23-15(10)17(2,3)19)12-4-5-13(24-12)16(22)21-8-6-11(18)7-9-21/h4-5,11H,6-9H2,1-3H3. The van der Waals surface area contributed by atoms with E-state index in [0.29, 0.717) is 42.1 Å². The summed E-state index contributed by atoms with van der Waals surface area (Å²) < 4.78 is 32.5. The Bertz CT molecular complexity index is 740. The van der Waals surface area contributed by atoms with Gasteiger partial charge in [-0.3, -0.25) is 4.79 Å². The van der Waals surface area contributed by atoms with E-state index in [9.17, 15) is 13.6 Å². The van der Waals surface area contributed by atoms with E-state index < -0.39 is 11.8 Å². The first-order valence-corrected chi connectivity index (χ1v) is 8.78. The largest absolute Gasteiger partial charge is 0.357 e. The van der Waals surface area contributed by atoms with Crippen LogP contribution in [-0.4, -0.2) is 35.2 Å². The van der Waals surface area contributed by atoms with Crippen molar-refractivity contribution in [3.8, 4) is 10.6 Å². The van der Waals surface area contributed by atoms with Crippen LogP contribution in [-0.2, 0) is 5.67 Å². The molecule has 3 rings (SSSR count). The lowest BCUT2D eigenvalue weighted by molar-refractivity contribution is 0.0672. The molecule has 130 valence electrons. The molecule has 24 heavy (non-hydrogen) atoms. The molecule has 0 aliphatic carbocycles. The van der Waals surface area contributed by atoms with Gasteiger partial charge in [-0.25, -0.2) is 8.78 Å². The van der Waals surface area contributed by atoms with Gasteiger partial charge in [0.05, 0.1) is 9.75 Å². The van der Waals surface area contributed by atoms with Crippen molar-refractivity contribution in [2.45, 2.75) is 45.5 Å². The Kier molecular flexibility index (Phi) is 4.46. The zero-order chi connectivity index (χ0) is 17.5. The number of nitrogens with zero attached hydrogens (tertiary/aromatic N) is 2. The van der Waals surface area contributed by atoms with E-state index in [1.165, 1.54) is 25.2 Å². The van der Waals surface area contributed by atoms with Gasteiger partial charge in [0.1, 0.15) is 11.9 Å². The second-order valence-corrected chi connectivity index (χ2v) is 7.67. The number of rotatable bonds is 3. The molecule has 0 spiro atoms. The van der Waals surface area contributed by atoms with Crippen LogP contribution in [0.2, 0.25) is 0 Å². The molecule has 0 saturated carbocycles. The lowest BCUT2D eigenvalue weighted by atomic mass is 10.0. The first-order valence-electron chi connectivity index (χ1n) is 7.96. The molecular formula is C17H20F2N2O2S. The van der Waals surface area contributed by atoms with Crippen LogP contribution in [0.1, 0.15) is 47.7 Å². The molecule has 1 fully saturated rings. The average molecular weight is 354 g/mol. The number of hydrogen-bond donors (Lipinski definition) is 0. The third-order valence-corrected chi connectivity index (χ3v) is 5.31. The third kappa shape index (κ3) is 3.22. The summed E-state index contributed by atoms with van der Waals surface area (Å²) in [6.07, 6.45) is -0.0315. The van der Waals surface area contributed by atoms with Crippen LogP contribution in [0.4, 0.5) is 8.78 Å². The minimum Gasteiger partial charge on any atom is -0.357 e. The van der Waals surface area contributed by atoms with E-state index in [-0.39, 0.29) is 11.7 Å². The highest BCUT2D eigenvalue weighted by atomic mass is 32.1. The van der Waals surface area contributed by atoms with Crippen molar-refractivity contribution in [1.29, 1.82) is 0 Å². The highest BCUT2D eigenvalue weighted by Gasteiger charge is 2.30. The summed E-state index contributed by atoms with van der Waals surface area (Å²) in [5, 5.41) is 3.97. The number of carbonyl (C=O) groups excluding carboxylic acids is 1. The fourth-order valence-corrected chi connectivity index (χ4v) is 3.92. The summed E-state index contributed by atoms with van der Waals surface area (Å²) in [6.45, 7) is 5.48. The Labute approximate surface area is 143 Å². The Hall–Kier alpha value is -1.76. The van der Waals surface area contributed by atoms with Crippen molar-refractivity contribution in [2.24, 2.45) is 0 Å². The molecule has 2 aromatic heterocycles. The first-order chi connectivity index (χ1) is 11.3. The Balaban J connectivity index is 1.81. The molecule has 0 radical (unpaired) electrons. The minimum absolute atomic E-state index is 0.0923. The smallest absolute Gasteiger partial charge is 0.263 e. The van der Waals surface area contributed by atoms with Gasteiger partial charge in [0, 0.05) is 18.7 Å². The van der Waals surface area contributed by atoms with Crippen LogP contribution in [0, 0.1) is 6.92 Å².